The number of H-pyrrole nitrogens is 1. The second-order valence-electron chi connectivity index (χ2n) is 6.64. The molecule has 0 radical (unpaired) electrons. The molecular weight excluding hydrogens is 386 g/mol. The second-order valence-corrected chi connectivity index (χ2v) is 8.29. The van der Waals surface area contributed by atoms with Gasteiger partial charge in [-0.05, 0) is 60.0 Å². The maximum Gasteiger partial charge on any atom is 0.262 e. The van der Waals surface area contributed by atoms with Crippen LogP contribution in [0.15, 0.2) is 65.6 Å². The monoisotopic (exact) mass is 403 g/mol. The van der Waals surface area contributed by atoms with E-state index in [2.05, 4.69) is 14.9 Å². The highest BCUT2D eigenvalue weighted by molar-refractivity contribution is 7.92. The Morgan fingerprint density at radius 3 is 2.48 bits per heavy atom. The first kappa shape index (κ1) is 18.5. The van der Waals surface area contributed by atoms with Gasteiger partial charge in [0.05, 0.1) is 22.0 Å². The molecule has 1 heterocycles. The van der Waals surface area contributed by atoms with E-state index in [-0.39, 0.29) is 4.90 Å². The van der Waals surface area contributed by atoms with Crippen LogP contribution < -0.4 is 10.5 Å². The molecule has 4 rings (SSSR count). The summed E-state index contributed by atoms with van der Waals surface area (Å²) in [6.07, 6.45) is 0. The van der Waals surface area contributed by atoms with Gasteiger partial charge in [0.25, 0.3) is 10.0 Å². The Hall–Kier alpha value is -3.83. The van der Waals surface area contributed by atoms with E-state index in [1.165, 1.54) is 6.07 Å². The van der Waals surface area contributed by atoms with Crippen molar-refractivity contribution in [3.05, 3.63) is 71.8 Å². The number of fused-ring (bicyclic) bond motifs is 1. The predicted molar refractivity (Wildman–Crippen MR) is 113 cm³/mol. The number of nitrogens with two attached hydrogens (primary N) is 1. The number of nitrogen functional groups attached to an aromatic ring is 1. The summed E-state index contributed by atoms with van der Waals surface area (Å²) in [6, 6.07) is 19.4. The van der Waals surface area contributed by atoms with E-state index in [9.17, 15) is 8.42 Å². The molecule has 3 aromatic carbocycles. The maximum absolute atomic E-state index is 12.8. The number of nitriles is 1. The summed E-state index contributed by atoms with van der Waals surface area (Å²) in [7, 11) is -3.81. The molecule has 7 nitrogen and oxygen atoms in total. The van der Waals surface area contributed by atoms with Crippen LogP contribution in [0.4, 0.5) is 11.5 Å². The lowest BCUT2D eigenvalue weighted by Crippen LogP contribution is -2.14. The van der Waals surface area contributed by atoms with E-state index in [1.807, 2.05) is 36.4 Å². The fourth-order valence-corrected chi connectivity index (χ4v) is 4.45. The van der Waals surface area contributed by atoms with Gasteiger partial charge in [-0.2, -0.15) is 10.4 Å². The highest BCUT2D eigenvalue weighted by Crippen LogP contribution is 2.27. The molecule has 0 bridgehead atoms. The first-order chi connectivity index (χ1) is 13.9. The van der Waals surface area contributed by atoms with Gasteiger partial charge in [0, 0.05) is 11.1 Å². The minimum atomic E-state index is -3.81. The van der Waals surface area contributed by atoms with E-state index in [0.717, 1.165) is 22.0 Å². The summed E-state index contributed by atoms with van der Waals surface area (Å²) in [5, 5.41) is 16.8. The molecule has 4 aromatic rings. The Bertz CT molecular complexity index is 1370. The molecule has 0 saturated heterocycles. The third-order valence-corrected chi connectivity index (χ3v) is 6.19. The van der Waals surface area contributed by atoms with Gasteiger partial charge in [-0.15, -0.1) is 0 Å². The van der Waals surface area contributed by atoms with Crippen molar-refractivity contribution in [1.29, 1.82) is 5.26 Å². The number of rotatable bonds is 4. The zero-order valence-electron chi connectivity index (χ0n) is 15.5. The number of hydrogen-bond donors (Lipinski definition) is 3. The van der Waals surface area contributed by atoms with Crippen molar-refractivity contribution in [2.45, 2.75) is 11.8 Å². The molecule has 144 valence electrons. The van der Waals surface area contributed by atoms with Crippen molar-refractivity contribution < 1.29 is 8.42 Å². The summed E-state index contributed by atoms with van der Waals surface area (Å²) in [5.41, 5.74) is 9.80. The van der Waals surface area contributed by atoms with Crippen LogP contribution in [-0.2, 0) is 10.0 Å². The number of aryl methyl sites for hydroxylation is 1. The molecule has 1 aromatic heterocycles. The highest BCUT2D eigenvalue weighted by Gasteiger charge is 2.18. The number of aromatic nitrogens is 2. The van der Waals surface area contributed by atoms with Crippen LogP contribution in [0.3, 0.4) is 0 Å². The second kappa shape index (κ2) is 6.96. The molecule has 0 aliphatic rings. The van der Waals surface area contributed by atoms with Crippen LogP contribution in [0.2, 0.25) is 0 Å². The minimum absolute atomic E-state index is 0.0860. The number of anilines is 2. The number of nitrogens with one attached hydrogen (secondary N) is 2. The number of hydrogen-bond acceptors (Lipinski definition) is 5. The van der Waals surface area contributed by atoms with Gasteiger partial charge in [0.15, 0.2) is 5.82 Å². The summed E-state index contributed by atoms with van der Waals surface area (Å²) >= 11 is 0. The average molecular weight is 403 g/mol. The van der Waals surface area contributed by atoms with Crippen molar-refractivity contribution in [2.75, 3.05) is 10.5 Å². The highest BCUT2D eigenvalue weighted by atomic mass is 32.2. The molecule has 0 fully saturated rings. The van der Waals surface area contributed by atoms with Crippen molar-refractivity contribution in [1.82, 2.24) is 10.2 Å². The predicted octanol–water partition coefficient (Wildman–Crippen LogP) is 3.79. The number of nitrogens with zero attached hydrogens (tertiary/aromatic N) is 2. The van der Waals surface area contributed by atoms with E-state index in [4.69, 9.17) is 11.0 Å². The van der Waals surface area contributed by atoms with Crippen LogP contribution in [0, 0.1) is 18.3 Å². The Labute approximate surface area is 167 Å². The Kier molecular flexibility index (Phi) is 4.45. The van der Waals surface area contributed by atoms with Crippen molar-refractivity contribution in [2.24, 2.45) is 0 Å². The van der Waals surface area contributed by atoms with Gasteiger partial charge < -0.3 is 5.73 Å². The van der Waals surface area contributed by atoms with E-state index >= 15 is 0 Å². The molecule has 0 atom stereocenters. The van der Waals surface area contributed by atoms with Crippen molar-refractivity contribution >= 4 is 32.4 Å². The largest absolute Gasteiger partial charge is 0.382 e. The normalized spacial score (nSPS) is 11.3. The van der Waals surface area contributed by atoms with Crippen LogP contribution in [0.1, 0.15) is 11.1 Å². The van der Waals surface area contributed by atoms with Crippen LogP contribution in [0.25, 0.3) is 22.0 Å². The molecule has 0 spiro atoms. The summed E-state index contributed by atoms with van der Waals surface area (Å²) in [5.74, 6) is 0.451. The van der Waals surface area contributed by atoms with E-state index in [0.29, 0.717) is 22.6 Å². The topological polar surface area (TPSA) is 125 Å². The Morgan fingerprint density at radius 1 is 1.03 bits per heavy atom. The zero-order valence-corrected chi connectivity index (χ0v) is 16.3. The molecule has 0 aliphatic carbocycles. The maximum atomic E-state index is 12.8. The van der Waals surface area contributed by atoms with Gasteiger partial charge >= 0.3 is 0 Å². The SMILES string of the molecule is Cc1ccc(C#N)cc1S(=O)(=O)Nc1ccc(-c2ccc3c(N)n[nH]c3c2)cc1. The Balaban J connectivity index is 1.61. The minimum Gasteiger partial charge on any atom is -0.382 e. The number of benzene rings is 3. The first-order valence-corrected chi connectivity index (χ1v) is 10.2. The molecule has 0 saturated carbocycles. The lowest BCUT2D eigenvalue weighted by molar-refractivity contribution is 0.600. The molecule has 29 heavy (non-hydrogen) atoms. The fraction of sp³-hybridized carbons (Fsp3) is 0.0476. The summed E-state index contributed by atoms with van der Waals surface area (Å²) in [4.78, 5) is 0.0860. The van der Waals surface area contributed by atoms with Gasteiger partial charge in [0.1, 0.15) is 0 Å². The quantitative estimate of drug-likeness (QED) is 0.478. The summed E-state index contributed by atoms with van der Waals surface area (Å²) < 4.78 is 28.1. The number of aromatic amines is 1. The fourth-order valence-electron chi connectivity index (χ4n) is 3.12. The van der Waals surface area contributed by atoms with Crippen molar-refractivity contribution in [3.63, 3.8) is 0 Å². The lowest BCUT2D eigenvalue weighted by Gasteiger charge is -2.11. The Morgan fingerprint density at radius 2 is 1.76 bits per heavy atom. The van der Waals surface area contributed by atoms with Gasteiger partial charge in [0.2, 0.25) is 0 Å². The lowest BCUT2D eigenvalue weighted by atomic mass is 10.0. The van der Waals surface area contributed by atoms with E-state index in [1.54, 1.807) is 31.2 Å². The van der Waals surface area contributed by atoms with Gasteiger partial charge in [-0.25, -0.2) is 8.42 Å². The van der Waals surface area contributed by atoms with Crippen molar-refractivity contribution in [3.8, 4) is 17.2 Å². The first-order valence-electron chi connectivity index (χ1n) is 8.75. The third-order valence-electron chi connectivity index (χ3n) is 4.67. The molecule has 4 N–H and O–H groups in total. The average Bonchev–Trinajstić information content (AvgIpc) is 3.09. The zero-order chi connectivity index (χ0) is 20.6. The number of sulfonamides is 1. The standard InChI is InChI=1S/C21H17N5O2S/c1-13-2-3-14(12-22)10-20(13)29(27,28)26-17-7-4-15(5-8-17)16-6-9-18-19(11-16)24-25-21(18)23/h2-11,26H,1H3,(H3,23,24,25). The molecule has 0 aliphatic heterocycles. The van der Waals surface area contributed by atoms with Gasteiger partial charge in [-0.3, -0.25) is 9.82 Å². The van der Waals surface area contributed by atoms with Gasteiger partial charge in [-0.1, -0.05) is 24.3 Å². The van der Waals surface area contributed by atoms with Crippen LogP contribution in [-0.4, -0.2) is 18.6 Å². The van der Waals surface area contributed by atoms with Crippen LogP contribution in [0.5, 0.6) is 0 Å². The smallest absolute Gasteiger partial charge is 0.262 e. The molecule has 0 amide bonds. The van der Waals surface area contributed by atoms with Crippen LogP contribution >= 0.6 is 0 Å². The molecule has 8 heteroatoms. The van der Waals surface area contributed by atoms with E-state index < -0.39 is 10.0 Å². The third kappa shape index (κ3) is 3.51. The molecular formula is C21H17N5O2S. The summed E-state index contributed by atoms with van der Waals surface area (Å²) in [6.45, 7) is 1.69. The molecule has 0 unspecified atom stereocenters.